The van der Waals surface area contributed by atoms with Gasteiger partial charge in [0.2, 0.25) is 0 Å². The molecule has 0 fully saturated rings. The van der Waals surface area contributed by atoms with Crippen molar-refractivity contribution in [3.63, 3.8) is 0 Å². The van der Waals surface area contributed by atoms with E-state index in [-0.39, 0.29) is 5.91 Å². The summed E-state index contributed by atoms with van der Waals surface area (Å²) in [6.45, 7) is 1.39. The lowest BCUT2D eigenvalue weighted by molar-refractivity contribution is 0.0952. The number of methoxy groups -OCH3 is 1. The third-order valence-electron chi connectivity index (χ3n) is 2.40. The molecule has 0 aliphatic heterocycles. The number of ether oxygens (including phenoxy) is 1. The molecule has 0 aliphatic carbocycles. The minimum Gasteiger partial charge on any atom is -0.386 e. The van der Waals surface area contributed by atoms with Crippen molar-refractivity contribution in [2.45, 2.75) is 12.8 Å². The highest BCUT2D eigenvalue weighted by Gasteiger charge is 2.09. The summed E-state index contributed by atoms with van der Waals surface area (Å²) in [5.74, 6) is -0.0748. The van der Waals surface area contributed by atoms with E-state index in [1.54, 1.807) is 32.6 Å². The van der Waals surface area contributed by atoms with E-state index in [0.29, 0.717) is 12.1 Å². The van der Waals surface area contributed by atoms with Gasteiger partial charge in [-0.25, -0.2) is 0 Å². The molecule has 94 valence electrons. The molecule has 0 unspecified atom stereocenters. The van der Waals surface area contributed by atoms with Crippen LogP contribution in [0.2, 0.25) is 0 Å². The van der Waals surface area contributed by atoms with E-state index in [2.05, 4.69) is 15.6 Å². The standard InChI is InChI=1S/C12H19N3O2/c1-13-11-9-14-7-5-10(11)12(16)15-6-3-4-8-17-2/h5,7,9,13H,3-4,6,8H2,1-2H3,(H,15,16). The van der Waals surface area contributed by atoms with E-state index < -0.39 is 0 Å². The van der Waals surface area contributed by atoms with Crippen LogP contribution in [0.3, 0.4) is 0 Å². The molecule has 0 saturated heterocycles. The fraction of sp³-hybridized carbons (Fsp3) is 0.500. The summed E-state index contributed by atoms with van der Waals surface area (Å²) in [6, 6.07) is 1.70. The Labute approximate surface area is 102 Å². The molecule has 5 heteroatoms. The summed E-state index contributed by atoms with van der Waals surface area (Å²) in [5, 5.41) is 5.81. The van der Waals surface area contributed by atoms with Crippen LogP contribution in [0.1, 0.15) is 23.2 Å². The Balaban J connectivity index is 2.41. The first-order valence-corrected chi connectivity index (χ1v) is 5.68. The third-order valence-corrected chi connectivity index (χ3v) is 2.40. The van der Waals surface area contributed by atoms with E-state index in [1.807, 2.05) is 0 Å². The molecule has 17 heavy (non-hydrogen) atoms. The molecule has 1 aromatic rings. The molecule has 0 spiro atoms. The highest BCUT2D eigenvalue weighted by molar-refractivity contribution is 5.99. The Kier molecular flexibility index (Phi) is 6.03. The van der Waals surface area contributed by atoms with Gasteiger partial charge in [-0.1, -0.05) is 0 Å². The van der Waals surface area contributed by atoms with E-state index in [0.717, 1.165) is 25.1 Å². The molecule has 1 heterocycles. The highest BCUT2D eigenvalue weighted by atomic mass is 16.5. The fourth-order valence-electron chi connectivity index (χ4n) is 1.46. The van der Waals surface area contributed by atoms with Crippen LogP contribution in [0.5, 0.6) is 0 Å². The van der Waals surface area contributed by atoms with Crippen molar-refractivity contribution in [2.24, 2.45) is 0 Å². The first-order chi connectivity index (χ1) is 8.29. The van der Waals surface area contributed by atoms with Gasteiger partial charge in [0.1, 0.15) is 0 Å². The normalized spacial score (nSPS) is 10.0. The average Bonchev–Trinajstić information content (AvgIpc) is 2.38. The summed E-state index contributed by atoms with van der Waals surface area (Å²) >= 11 is 0. The van der Waals surface area contributed by atoms with Crippen LogP contribution < -0.4 is 10.6 Å². The monoisotopic (exact) mass is 237 g/mol. The van der Waals surface area contributed by atoms with Crippen molar-refractivity contribution in [2.75, 3.05) is 32.6 Å². The van der Waals surface area contributed by atoms with E-state index in [9.17, 15) is 4.79 Å². The molecule has 1 amide bonds. The number of nitrogens with one attached hydrogen (secondary N) is 2. The minimum absolute atomic E-state index is 0.0748. The van der Waals surface area contributed by atoms with Crippen LogP contribution in [-0.4, -0.2) is 38.2 Å². The number of unbranched alkanes of at least 4 members (excludes halogenated alkanes) is 1. The number of rotatable bonds is 7. The Morgan fingerprint density at radius 3 is 3.00 bits per heavy atom. The van der Waals surface area contributed by atoms with E-state index in [1.165, 1.54) is 0 Å². The van der Waals surface area contributed by atoms with Gasteiger partial charge in [0, 0.05) is 33.5 Å². The Morgan fingerprint density at radius 2 is 2.29 bits per heavy atom. The summed E-state index contributed by atoms with van der Waals surface area (Å²) in [7, 11) is 3.45. The number of hydrogen-bond acceptors (Lipinski definition) is 4. The number of anilines is 1. The zero-order valence-electron chi connectivity index (χ0n) is 10.3. The Hall–Kier alpha value is -1.62. The zero-order valence-corrected chi connectivity index (χ0v) is 10.3. The molecule has 5 nitrogen and oxygen atoms in total. The highest BCUT2D eigenvalue weighted by Crippen LogP contribution is 2.11. The molecule has 0 saturated carbocycles. The maximum Gasteiger partial charge on any atom is 0.253 e. The predicted octanol–water partition coefficient (Wildman–Crippen LogP) is 1.28. The van der Waals surface area contributed by atoms with Gasteiger partial charge >= 0.3 is 0 Å². The smallest absolute Gasteiger partial charge is 0.253 e. The SMILES string of the molecule is CNc1cnccc1C(=O)NCCCCOC. The first-order valence-electron chi connectivity index (χ1n) is 5.68. The minimum atomic E-state index is -0.0748. The number of nitrogens with zero attached hydrogens (tertiary/aromatic N) is 1. The molecule has 0 bridgehead atoms. The van der Waals surface area contributed by atoms with Crippen molar-refractivity contribution >= 4 is 11.6 Å². The molecule has 1 rings (SSSR count). The number of pyridine rings is 1. The molecule has 2 N–H and O–H groups in total. The maximum atomic E-state index is 11.8. The third kappa shape index (κ3) is 4.40. The van der Waals surface area contributed by atoms with Crippen LogP contribution in [0.25, 0.3) is 0 Å². The summed E-state index contributed by atoms with van der Waals surface area (Å²) in [6.07, 6.45) is 5.12. The molecular formula is C12H19N3O2. The van der Waals surface area contributed by atoms with Crippen molar-refractivity contribution < 1.29 is 9.53 Å². The predicted molar refractivity (Wildman–Crippen MR) is 67.2 cm³/mol. The van der Waals surface area contributed by atoms with Gasteiger partial charge in [0.25, 0.3) is 5.91 Å². The molecule has 1 aromatic heterocycles. The van der Waals surface area contributed by atoms with Crippen molar-refractivity contribution in [3.05, 3.63) is 24.0 Å². The van der Waals surface area contributed by atoms with Crippen molar-refractivity contribution in [1.29, 1.82) is 0 Å². The lowest BCUT2D eigenvalue weighted by Gasteiger charge is -2.08. The number of aromatic nitrogens is 1. The van der Waals surface area contributed by atoms with Gasteiger partial charge in [-0.15, -0.1) is 0 Å². The molecular weight excluding hydrogens is 218 g/mol. The van der Waals surface area contributed by atoms with Crippen LogP contribution in [0.15, 0.2) is 18.5 Å². The second-order valence-electron chi connectivity index (χ2n) is 3.63. The van der Waals surface area contributed by atoms with Crippen LogP contribution in [0.4, 0.5) is 5.69 Å². The van der Waals surface area contributed by atoms with Gasteiger partial charge in [0.05, 0.1) is 17.4 Å². The quantitative estimate of drug-likeness (QED) is 0.701. The van der Waals surface area contributed by atoms with Gasteiger partial charge < -0.3 is 15.4 Å². The molecule has 0 aromatic carbocycles. The molecule has 0 radical (unpaired) electrons. The van der Waals surface area contributed by atoms with E-state index in [4.69, 9.17) is 4.74 Å². The van der Waals surface area contributed by atoms with Crippen molar-refractivity contribution in [1.82, 2.24) is 10.3 Å². The molecule has 0 atom stereocenters. The lowest BCUT2D eigenvalue weighted by atomic mass is 10.2. The largest absolute Gasteiger partial charge is 0.386 e. The average molecular weight is 237 g/mol. The molecule has 0 aliphatic rings. The fourth-order valence-corrected chi connectivity index (χ4v) is 1.46. The number of hydrogen-bond donors (Lipinski definition) is 2. The first kappa shape index (κ1) is 13.4. The summed E-state index contributed by atoms with van der Waals surface area (Å²) < 4.78 is 4.94. The van der Waals surface area contributed by atoms with Crippen LogP contribution in [-0.2, 0) is 4.74 Å². The number of carbonyl (C=O) groups excluding carboxylic acids is 1. The van der Waals surface area contributed by atoms with Gasteiger partial charge in [0.15, 0.2) is 0 Å². The lowest BCUT2D eigenvalue weighted by Crippen LogP contribution is -2.25. The van der Waals surface area contributed by atoms with Gasteiger partial charge in [-0.2, -0.15) is 0 Å². The van der Waals surface area contributed by atoms with Crippen LogP contribution in [0, 0.1) is 0 Å². The Morgan fingerprint density at radius 1 is 1.47 bits per heavy atom. The number of carbonyl (C=O) groups is 1. The zero-order chi connectivity index (χ0) is 12.5. The number of amides is 1. The Bertz CT molecular complexity index is 355. The topological polar surface area (TPSA) is 63.2 Å². The van der Waals surface area contributed by atoms with Gasteiger partial charge in [-0.05, 0) is 18.9 Å². The second kappa shape index (κ2) is 7.62. The van der Waals surface area contributed by atoms with Crippen LogP contribution >= 0.6 is 0 Å². The summed E-state index contributed by atoms with van der Waals surface area (Å²) in [4.78, 5) is 15.8. The maximum absolute atomic E-state index is 11.8. The van der Waals surface area contributed by atoms with Gasteiger partial charge in [-0.3, -0.25) is 9.78 Å². The summed E-state index contributed by atoms with van der Waals surface area (Å²) in [5.41, 5.74) is 1.36. The van der Waals surface area contributed by atoms with E-state index >= 15 is 0 Å². The van der Waals surface area contributed by atoms with Crippen molar-refractivity contribution in [3.8, 4) is 0 Å². The second-order valence-corrected chi connectivity index (χ2v) is 3.63.